The van der Waals surface area contributed by atoms with Crippen LogP contribution in [0.5, 0.6) is 0 Å². The molecule has 18 heavy (non-hydrogen) atoms. The second kappa shape index (κ2) is 5.48. The third kappa shape index (κ3) is 3.07. The molecule has 4 heteroatoms. The summed E-state index contributed by atoms with van der Waals surface area (Å²) in [5, 5.41) is 3.02. The minimum absolute atomic E-state index is 0.0574. The third-order valence-electron chi connectivity index (χ3n) is 2.67. The molecular formula is C14H12BrF2N. The minimum atomic E-state index is -0.584. The van der Waals surface area contributed by atoms with Gasteiger partial charge in [0.25, 0.3) is 0 Å². The van der Waals surface area contributed by atoms with Crippen molar-refractivity contribution in [3.63, 3.8) is 0 Å². The second-order valence-electron chi connectivity index (χ2n) is 4.04. The lowest BCUT2D eigenvalue weighted by molar-refractivity contribution is 0.584. The quantitative estimate of drug-likeness (QED) is 0.850. The zero-order chi connectivity index (χ0) is 13.1. The Balaban J connectivity index is 2.15. The molecule has 0 fully saturated rings. The SMILES string of the molecule is CC(Nc1ccc(F)cc1F)c1ccc(Br)cc1. The van der Waals surface area contributed by atoms with Gasteiger partial charge >= 0.3 is 0 Å². The van der Waals surface area contributed by atoms with Crippen molar-refractivity contribution in [2.45, 2.75) is 13.0 Å². The van der Waals surface area contributed by atoms with E-state index in [9.17, 15) is 8.78 Å². The van der Waals surface area contributed by atoms with Crippen LogP contribution in [0, 0.1) is 11.6 Å². The van der Waals surface area contributed by atoms with Crippen molar-refractivity contribution in [3.05, 3.63) is 64.1 Å². The van der Waals surface area contributed by atoms with Gasteiger partial charge in [-0.1, -0.05) is 28.1 Å². The van der Waals surface area contributed by atoms with Gasteiger partial charge in [-0.05, 0) is 36.8 Å². The highest BCUT2D eigenvalue weighted by Gasteiger charge is 2.09. The van der Waals surface area contributed by atoms with E-state index in [0.717, 1.165) is 16.1 Å². The summed E-state index contributed by atoms with van der Waals surface area (Å²) in [5.41, 5.74) is 1.33. The van der Waals surface area contributed by atoms with Crippen LogP contribution in [0.4, 0.5) is 14.5 Å². The van der Waals surface area contributed by atoms with E-state index in [2.05, 4.69) is 21.2 Å². The van der Waals surface area contributed by atoms with Crippen LogP contribution in [0.1, 0.15) is 18.5 Å². The fourth-order valence-electron chi connectivity index (χ4n) is 1.67. The Morgan fingerprint density at radius 3 is 2.33 bits per heavy atom. The first-order valence-electron chi connectivity index (χ1n) is 5.53. The number of hydrogen-bond donors (Lipinski definition) is 1. The summed E-state index contributed by atoms with van der Waals surface area (Å²) in [6.07, 6.45) is 0. The van der Waals surface area contributed by atoms with Gasteiger partial charge in [-0.3, -0.25) is 0 Å². The molecule has 94 valence electrons. The molecule has 0 spiro atoms. The Morgan fingerprint density at radius 2 is 1.72 bits per heavy atom. The molecule has 0 aliphatic rings. The van der Waals surface area contributed by atoms with Gasteiger partial charge in [0, 0.05) is 16.6 Å². The monoisotopic (exact) mass is 311 g/mol. The van der Waals surface area contributed by atoms with E-state index in [1.807, 2.05) is 31.2 Å². The van der Waals surface area contributed by atoms with Gasteiger partial charge in [-0.15, -0.1) is 0 Å². The van der Waals surface area contributed by atoms with Gasteiger partial charge in [0.1, 0.15) is 11.6 Å². The van der Waals surface area contributed by atoms with Crippen molar-refractivity contribution in [2.24, 2.45) is 0 Å². The maximum Gasteiger partial charge on any atom is 0.149 e. The molecule has 2 rings (SSSR count). The van der Waals surface area contributed by atoms with Crippen LogP contribution in [-0.2, 0) is 0 Å². The molecule has 0 aliphatic heterocycles. The summed E-state index contributed by atoms with van der Waals surface area (Å²) >= 11 is 3.36. The molecule has 0 bridgehead atoms. The van der Waals surface area contributed by atoms with Crippen molar-refractivity contribution in [1.82, 2.24) is 0 Å². The predicted octanol–water partition coefficient (Wildman–Crippen LogP) is 4.90. The molecule has 0 amide bonds. The fraction of sp³-hybridized carbons (Fsp3) is 0.143. The number of anilines is 1. The molecule has 0 heterocycles. The largest absolute Gasteiger partial charge is 0.376 e. The van der Waals surface area contributed by atoms with Gasteiger partial charge in [0.15, 0.2) is 0 Å². The van der Waals surface area contributed by atoms with E-state index in [-0.39, 0.29) is 6.04 Å². The summed E-state index contributed by atoms with van der Waals surface area (Å²) in [6, 6.07) is 11.2. The fourth-order valence-corrected chi connectivity index (χ4v) is 1.94. The molecule has 1 nitrogen and oxygen atoms in total. The van der Waals surface area contributed by atoms with E-state index >= 15 is 0 Å². The normalized spacial score (nSPS) is 12.2. The second-order valence-corrected chi connectivity index (χ2v) is 4.96. The van der Waals surface area contributed by atoms with E-state index in [0.29, 0.717) is 5.69 Å². The van der Waals surface area contributed by atoms with Crippen LogP contribution < -0.4 is 5.32 Å². The summed E-state index contributed by atoms with van der Waals surface area (Å²) in [6.45, 7) is 1.92. The molecule has 0 saturated heterocycles. The molecule has 2 aromatic carbocycles. The number of rotatable bonds is 3. The van der Waals surface area contributed by atoms with Crippen molar-refractivity contribution >= 4 is 21.6 Å². The Kier molecular flexibility index (Phi) is 3.97. The van der Waals surface area contributed by atoms with Gasteiger partial charge in [0.2, 0.25) is 0 Å². The standard InChI is InChI=1S/C14H12BrF2N/c1-9(10-2-4-11(15)5-3-10)18-14-7-6-12(16)8-13(14)17/h2-9,18H,1H3. The molecule has 1 N–H and O–H groups in total. The lowest BCUT2D eigenvalue weighted by Crippen LogP contribution is -2.07. The van der Waals surface area contributed by atoms with Gasteiger partial charge < -0.3 is 5.32 Å². The van der Waals surface area contributed by atoms with Crippen LogP contribution in [0.2, 0.25) is 0 Å². The van der Waals surface area contributed by atoms with Crippen LogP contribution >= 0.6 is 15.9 Å². The number of hydrogen-bond acceptors (Lipinski definition) is 1. The maximum atomic E-state index is 13.5. The molecule has 0 aromatic heterocycles. The lowest BCUT2D eigenvalue weighted by Gasteiger charge is -2.16. The molecular weight excluding hydrogens is 300 g/mol. The summed E-state index contributed by atoms with van der Waals surface area (Å²) in [5.74, 6) is -1.16. The highest BCUT2D eigenvalue weighted by molar-refractivity contribution is 9.10. The topological polar surface area (TPSA) is 12.0 Å². The smallest absolute Gasteiger partial charge is 0.149 e. The van der Waals surface area contributed by atoms with Gasteiger partial charge in [-0.25, -0.2) is 8.78 Å². The van der Waals surface area contributed by atoms with E-state index in [1.165, 1.54) is 12.1 Å². The zero-order valence-electron chi connectivity index (χ0n) is 9.75. The molecule has 1 atom stereocenters. The maximum absolute atomic E-state index is 13.5. The Morgan fingerprint density at radius 1 is 1.06 bits per heavy atom. The van der Waals surface area contributed by atoms with Crippen molar-refractivity contribution < 1.29 is 8.78 Å². The van der Waals surface area contributed by atoms with Crippen molar-refractivity contribution in [1.29, 1.82) is 0 Å². The first-order chi connectivity index (χ1) is 8.56. The number of nitrogens with one attached hydrogen (secondary N) is 1. The summed E-state index contributed by atoms with van der Waals surface area (Å²) in [4.78, 5) is 0. The van der Waals surface area contributed by atoms with Gasteiger partial charge in [0.05, 0.1) is 5.69 Å². The summed E-state index contributed by atoms with van der Waals surface area (Å²) in [7, 11) is 0. The molecule has 0 radical (unpaired) electrons. The van der Waals surface area contributed by atoms with Crippen molar-refractivity contribution in [2.75, 3.05) is 5.32 Å². The molecule has 0 saturated carbocycles. The van der Waals surface area contributed by atoms with Crippen LogP contribution in [0.25, 0.3) is 0 Å². The molecule has 2 aromatic rings. The zero-order valence-corrected chi connectivity index (χ0v) is 11.3. The minimum Gasteiger partial charge on any atom is -0.376 e. The third-order valence-corrected chi connectivity index (χ3v) is 3.20. The lowest BCUT2D eigenvalue weighted by atomic mass is 10.1. The van der Waals surface area contributed by atoms with E-state index in [1.54, 1.807) is 0 Å². The van der Waals surface area contributed by atoms with Gasteiger partial charge in [-0.2, -0.15) is 0 Å². The molecule has 1 unspecified atom stereocenters. The highest BCUT2D eigenvalue weighted by atomic mass is 79.9. The highest BCUT2D eigenvalue weighted by Crippen LogP contribution is 2.23. The molecule has 0 aliphatic carbocycles. The Bertz CT molecular complexity index is 540. The average molecular weight is 312 g/mol. The number of benzene rings is 2. The van der Waals surface area contributed by atoms with Crippen LogP contribution in [-0.4, -0.2) is 0 Å². The van der Waals surface area contributed by atoms with Crippen LogP contribution in [0.3, 0.4) is 0 Å². The summed E-state index contributed by atoms with van der Waals surface area (Å²) < 4.78 is 27.3. The Labute approximate surface area is 113 Å². The van der Waals surface area contributed by atoms with Crippen LogP contribution in [0.15, 0.2) is 46.9 Å². The first kappa shape index (κ1) is 13.0. The van der Waals surface area contributed by atoms with E-state index in [4.69, 9.17) is 0 Å². The number of halogens is 3. The average Bonchev–Trinajstić information content (AvgIpc) is 2.33. The van der Waals surface area contributed by atoms with Crippen molar-refractivity contribution in [3.8, 4) is 0 Å². The first-order valence-corrected chi connectivity index (χ1v) is 6.32. The predicted molar refractivity (Wildman–Crippen MR) is 72.5 cm³/mol. The van der Waals surface area contributed by atoms with E-state index < -0.39 is 11.6 Å². The Hall–Kier alpha value is -1.42.